The fraction of sp³-hybridized carbons (Fsp3) is 0.417. The van der Waals surface area contributed by atoms with E-state index < -0.39 is 6.10 Å². The van der Waals surface area contributed by atoms with E-state index >= 15 is 0 Å². The first-order valence-electron chi connectivity index (χ1n) is 5.50. The second-order valence-electron chi connectivity index (χ2n) is 3.85. The molecule has 4 nitrogen and oxygen atoms in total. The number of rotatable bonds is 6. The van der Waals surface area contributed by atoms with Crippen LogP contribution in [0.5, 0.6) is 0 Å². The zero-order valence-corrected chi connectivity index (χ0v) is 11.6. The average Bonchev–Trinajstić information content (AvgIpc) is 2.34. The Morgan fingerprint density at radius 2 is 1.94 bits per heavy atom. The lowest BCUT2D eigenvalue weighted by Crippen LogP contribution is -2.17. The number of carbonyl (C=O) groups is 1. The molecule has 1 rings (SSSR count). The maximum atomic E-state index is 10.7. The number of nitrogens with one attached hydrogen (secondary N) is 1. The molecule has 0 aliphatic rings. The number of benzene rings is 1. The minimum Gasteiger partial charge on any atom is -0.388 e. The Morgan fingerprint density at radius 1 is 1.29 bits per heavy atom. The fourth-order valence-electron chi connectivity index (χ4n) is 1.53. The molecule has 1 unspecified atom stereocenters. The van der Waals surface area contributed by atoms with Gasteiger partial charge in [0.1, 0.15) is 0 Å². The summed E-state index contributed by atoms with van der Waals surface area (Å²) in [6.07, 6.45) is 1.84. The molecule has 1 aromatic rings. The van der Waals surface area contributed by atoms with E-state index in [1.807, 2.05) is 24.3 Å². The highest BCUT2D eigenvalue weighted by atomic mass is 127. The molecule has 1 atom stereocenters. The van der Waals surface area contributed by atoms with Crippen molar-refractivity contribution >= 4 is 28.5 Å². The lowest BCUT2D eigenvalue weighted by molar-refractivity contribution is -0.129. The second kappa shape index (κ2) is 7.62. The highest BCUT2D eigenvalue weighted by Crippen LogP contribution is 2.20. The number of aliphatic hydroxyl groups excluding tert-OH is 1. The normalized spacial score (nSPS) is 12.2. The van der Waals surface area contributed by atoms with Crippen molar-refractivity contribution in [2.45, 2.75) is 31.8 Å². The van der Waals surface area contributed by atoms with E-state index in [0.29, 0.717) is 12.8 Å². The van der Waals surface area contributed by atoms with Crippen LogP contribution in [0.15, 0.2) is 24.3 Å². The number of carbonyl (C=O) groups excluding carboxylic acids is 1. The van der Waals surface area contributed by atoms with Crippen molar-refractivity contribution in [3.05, 3.63) is 33.4 Å². The van der Waals surface area contributed by atoms with Gasteiger partial charge in [0.2, 0.25) is 5.91 Å². The summed E-state index contributed by atoms with van der Waals surface area (Å²) < 4.78 is 1.14. The van der Waals surface area contributed by atoms with E-state index in [0.717, 1.165) is 15.6 Å². The molecular weight excluding hydrogens is 333 g/mol. The number of amides is 1. The summed E-state index contributed by atoms with van der Waals surface area (Å²) in [4.78, 5) is 10.7. The van der Waals surface area contributed by atoms with Crippen molar-refractivity contribution in [2.24, 2.45) is 0 Å². The van der Waals surface area contributed by atoms with Crippen LogP contribution in [0.1, 0.15) is 37.4 Å². The monoisotopic (exact) mass is 349 g/mol. The van der Waals surface area contributed by atoms with E-state index in [1.54, 1.807) is 5.48 Å². The molecule has 0 heterocycles. The summed E-state index contributed by atoms with van der Waals surface area (Å²) in [6, 6.07) is 7.73. The summed E-state index contributed by atoms with van der Waals surface area (Å²) >= 11 is 2.22. The Bertz CT molecular complexity index is 353. The molecule has 0 radical (unpaired) electrons. The van der Waals surface area contributed by atoms with E-state index in [9.17, 15) is 9.90 Å². The fourth-order valence-corrected chi connectivity index (χ4v) is 1.89. The molecule has 5 heteroatoms. The van der Waals surface area contributed by atoms with Gasteiger partial charge in [-0.3, -0.25) is 10.0 Å². The lowest BCUT2D eigenvalue weighted by atomic mass is 10.0. The summed E-state index contributed by atoms with van der Waals surface area (Å²) in [6.45, 7) is 0. The summed E-state index contributed by atoms with van der Waals surface area (Å²) in [7, 11) is 0. The van der Waals surface area contributed by atoms with E-state index in [-0.39, 0.29) is 12.3 Å². The van der Waals surface area contributed by atoms with Gasteiger partial charge in [-0.25, -0.2) is 5.48 Å². The third-order valence-electron chi connectivity index (χ3n) is 2.51. The van der Waals surface area contributed by atoms with E-state index in [4.69, 9.17) is 5.21 Å². The van der Waals surface area contributed by atoms with Crippen LogP contribution in [-0.4, -0.2) is 16.2 Å². The first-order chi connectivity index (χ1) is 8.13. The molecular formula is C12H16INO3. The SMILES string of the molecule is O=C(CCCCC(O)c1ccc(I)cc1)NO. The van der Waals surface area contributed by atoms with Gasteiger partial charge in [0.15, 0.2) is 0 Å². The van der Waals surface area contributed by atoms with Crippen LogP contribution in [0, 0.1) is 3.57 Å². The van der Waals surface area contributed by atoms with Crippen LogP contribution in [0.3, 0.4) is 0 Å². The molecule has 0 spiro atoms. The summed E-state index contributed by atoms with van der Waals surface area (Å²) in [5, 5.41) is 18.2. The van der Waals surface area contributed by atoms with Crippen molar-refractivity contribution in [3.8, 4) is 0 Å². The molecule has 0 aliphatic carbocycles. The molecule has 0 aromatic heterocycles. The summed E-state index contributed by atoms with van der Waals surface area (Å²) in [5.74, 6) is -0.381. The molecule has 94 valence electrons. The number of unbranched alkanes of at least 4 members (excludes halogenated alkanes) is 1. The standard InChI is InChI=1S/C12H16INO3/c13-10-7-5-9(6-8-10)11(15)3-1-2-4-12(16)14-17/h5-8,11,15,17H,1-4H2,(H,14,16). The Morgan fingerprint density at radius 3 is 2.53 bits per heavy atom. The van der Waals surface area contributed by atoms with Crippen molar-refractivity contribution in [1.29, 1.82) is 0 Å². The zero-order valence-electron chi connectivity index (χ0n) is 9.40. The largest absolute Gasteiger partial charge is 0.388 e. The van der Waals surface area contributed by atoms with E-state index in [1.165, 1.54) is 0 Å². The number of hydrogen-bond donors (Lipinski definition) is 3. The summed E-state index contributed by atoms with van der Waals surface area (Å²) in [5.41, 5.74) is 2.49. The number of halogens is 1. The van der Waals surface area contributed by atoms with Crippen LogP contribution < -0.4 is 5.48 Å². The van der Waals surface area contributed by atoms with Crippen molar-refractivity contribution in [1.82, 2.24) is 5.48 Å². The number of aliphatic hydroxyl groups is 1. The molecule has 1 aromatic carbocycles. The molecule has 17 heavy (non-hydrogen) atoms. The van der Waals surface area contributed by atoms with Gasteiger partial charge in [-0.1, -0.05) is 18.6 Å². The predicted molar refractivity (Wildman–Crippen MR) is 72.5 cm³/mol. The molecule has 1 amide bonds. The second-order valence-corrected chi connectivity index (χ2v) is 5.09. The van der Waals surface area contributed by atoms with Crippen molar-refractivity contribution < 1.29 is 15.1 Å². The predicted octanol–water partition coefficient (Wildman–Crippen LogP) is 2.39. The third kappa shape index (κ3) is 5.47. The first-order valence-corrected chi connectivity index (χ1v) is 6.58. The van der Waals surface area contributed by atoms with Gasteiger partial charge < -0.3 is 5.11 Å². The van der Waals surface area contributed by atoms with Gasteiger partial charge >= 0.3 is 0 Å². The molecule has 0 saturated carbocycles. The van der Waals surface area contributed by atoms with Crippen LogP contribution in [0.25, 0.3) is 0 Å². The van der Waals surface area contributed by atoms with Gasteiger partial charge in [-0.2, -0.15) is 0 Å². The number of hydrogen-bond acceptors (Lipinski definition) is 3. The van der Waals surface area contributed by atoms with Gasteiger partial charge in [-0.15, -0.1) is 0 Å². The van der Waals surface area contributed by atoms with Crippen LogP contribution in [-0.2, 0) is 4.79 Å². The molecule has 0 aliphatic heterocycles. The van der Waals surface area contributed by atoms with E-state index in [2.05, 4.69) is 22.6 Å². The topological polar surface area (TPSA) is 69.6 Å². The Balaban J connectivity index is 2.27. The minimum absolute atomic E-state index is 0.288. The van der Waals surface area contributed by atoms with Gasteiger partial charge in [0, 0.05) is 9.99 Å². The molecule has 0 fully saturated rings. The number of hydroxylamine groups is 1. The van der Waals surface area contributed by atoms with Gasteiger partial charge in [-0.05, 0) is 53.1 Å². The lowest BCUT2D eigenvalue weighted by Gasteiger charge is -2.10. The van der Waals surface area contributed by atoms with Gasteiger partial charge in [0.25, 0.3) is 0 Å². The zero-order chi connectivity index (χ0) is 12.7. The van der Waals surface area contributed by atoms with Crippen LogP contribution in [0.4, 0.5) is 0 Å². The quantitative estimate of drug-likeness (QED) is 0.320. The maximum absolute atomic E-state index is 10.7. The van der Waals surface area contributed by atoms with Gasteiger partial charge in [0.05, 0.1) is 6.10 Å². The Hall–Kier alpha value is -0.660. The highest BCUT2D eigenvalue weighted by Gasteiger charge is 2.07. The minimum atomic E-state index is -0.482. The molecule has 3 N–H and O–H groups in total. The molecule has 0 bridgehead atoms. The average molecular weight is 349 g/mol. The molecule has 0 saturated heterocycles. The highest BCUT2D eigenvalue weighted by molar-refractivity contribution is 14.1. The smallest absolute Gasteiger partial charge is 0.243 e. The van der Waals surface area contributed by atoms with Crippen molar-refractivity contribution in [3.63, 3.8) is 0 Å². The third-order valence-corrected chi connectivity index (χ3v) is 3.23. The van der Waals surface area contributed by atoms with Crippen molar-refractivity contribution in [2.75, 3.05) is 0 Å². The van der Waals surface area contributed by atoms with Crippen LogP contribution in [0.2, 0.25) is 0 Å². The Labute approximate surface area is 114 Å². The Kier molecular flexibility index (Phi) is 6.46. The van der Waals surface area contributed by atoms with Crippen LogP contribution >= 0.6 is 22.6 Å². The first kappa shape index (κ1) is 14.4. The maximum Gasteiger partial charge on any atom is 0.243 e.